The Kier molecular flexibility index (Phi) is 3.96. The number of nitrogens with two attached hydrogens (primary N) is 1. The van der Waals surface area contributed by atoms with Crippen LogP contribution in [0.5, 0.6) is 0 Å². The summed E-state index contributed by atoms with van der Waals surface area (Å²) in [6, 6.07) is 0.253. The van der Waals surface area contributed by atoms with Gasteiger partial charge in [0.15, 0.2) is 5.69 Å². The second kappa shape index (κ2) is 5.48. The highest BCUT2D eigenvalue weighted by atomic mass is 16.4. The van der Waals surface area contributed by atoms with E-state index in [0.29, 0.717) is 11.6 Å². The molecule has 2 rings (SSSR count). The summed E-state index contributed by atoms with van der Waals surface area (Å²) in [6.45, 7) is 2.36. The van der Waals surface area contributed by atoms with E-state index in [1.165, 1.54) is 6.42 Å². The summed E-state index contributed by atoms with van der Waals surface area (Å²) in [5.41, 5.74) is 6.19. The van der Waals surface area contributed by atoms with Gasteiger partial charge in [0.25, 0.3) is 0 Å². The molecule has 1 saturated carbocycles. The van der Waals surface area contributed by atoms with Gasteiger partial charge in [-0.05, 0) is 18.8 Å². The highest BCUT2D eigenvalue weighted by molar-refractivity contribution is 5.86. The van der Waals surface area contributed by atoms with Gasteiger partial charge in [-0.2, -0.15) is 0 Å². The number of carbonyl (C=O) groups is 1. The smallest absolute Gasteiger partial charge is 0.358 e. The summed E-state index contributed by atoms with van der Waals surface area (Å²) in [7, 11) is 0. The van der Waals surface area contributed by atoms with Crippen molar-refractivity contribution in [2.24, 2.45) is 11.7 Å². The van der Waals surface area contributed by atoms with Crippen molar-refractivity contribution in [3.05, 3.63) is 11.4 Å². The van der Waals surface area contributed by atoms with Crippen molar-refractivity contribution in [1.29, 1.82) is 0 Å². The van der Waals surface area contributed by atoms with E-state index in [1.54, 1.807) is 4.68 Å². The standard InChI is InChI=1S/C12H20N4O2/c1-2-8-4-3-5-9(6-8)16-10(7-13)11(12(17)18)14-15-16/h8-9H,2-7,13H2,1H3,(H,17,18). The Hall–Kier alpha value is -1.43. The van der Waals surface area contributed by atoms with E-state index in [0.717, 1.165) is 25.7 Å². The molecule has 1 heterocycles. The van der Waals surface area contributed by atoms with Crippen molar-refractivity contribution in [2.75, 3.05) is 0 Å². The van der Waals surface area contributed by atoms with Gasteiger partial charge in [-0.1, -0.05) is 31.4 Å². The van der Waals surface area contributed by atoms with E-state index in [1.807, 2.05) is 0 Å². The topological polar surface area (TPSA) is 94.0 Å². The fourth-order valence-corrected chi connectivity index (χ4v) is 2.82. The minimum absolute atomic E-state index is 0.00359. The Morgan fingerprint density at radius 3 is 2.94 bits per heavy atom. The lowest BCUT2D eigenvalue weighted by molar-refractivity contribution is 0.0689. The summed E-state index contributed by atoms with van der Waals surface area (Å²) < 4.78 is 1.74. The molecule has 100 valence electrons. The molecule has 0 spiro atoms. The molecule has 0 saturated heterocycles. The van der Waals surface area contributed by atoms with Crippen molar-refractivity contribution >= 4 is 5.97 Å². The highest BCUT2D eigenvalue weighted by Crippen LogP contribution is 2.34. The second-order valence-corrected chi connectivity index (χ2v) is 4.93. The van der Waals surface area contributed by atoms with Gasteiger partial charge < -0.3 is 10.8 Å². The molecule has 0 aromatic carbocycles. The average Bonchev–Trinajstić information content (AvgIpc) is 2.82. The van der Waals surface area contributed by atoms with E-state index >= 15 is 0 Å². The van der Waals surface area contributed by atoms with Crippen molar-refractivity contribution in [3.8, 4) is 0 Å². The molecule has 2 unspecified atom stereocenters. The Bertz CT molecular complexity index is 430. The van der Waals surface area contributed by atoms with E-state index in [2.05, 4.69) is 17.2 Å². The zero-order valence-corrected chi connectivity index (χ0v) is 10.7. The highest BCUT2D eigenvalue weighted by Gasteiger charge is 2.27. The van der Waals surface area contributed by atoms with Crippen LogP contribution in [-0.4, -0.2) is 26.1 Å². The average molecular weight is 252 g/mol. The molecule has 1 aliphatic carbocycles. The molecule has 18 heavy (non-hydrogen) atoms. The number of hydrogen-bond donors (Lipinski definition) is 2. The maximum Gasteiger partial charge on any atom is 0.358 e. The zero-order valence-electron chi connectivity index (χ0n) is 10.7. The van der Waals surface area contributed by atoms with Gasteiger partial charge in [-0.15, -0.1) is 5.10 Å². The fourth-order valence-electron chi connectivity index (χ4n) is 2.82. The number of nitrogens with zero attached hydrogens (tertiary/aromatic N) is 3. The predicted molar refractivity (Wildman–Crippen MR) is 66.2 cm³/mol. The minimum Gasteiger partial charge on any atom is -0.476 e. The van der Waals surface area contributed by atoms with Gasteiger partial charge in [-0.3, -0.25) is 0 Å². The summed E-state index contributed by atoms with van der Waals surface area (Å²) in [5, 5.41) is 16.8. The fraction of sp³-hybridized carbons (Fsp3) is 0.750. The van der Waals surface area contributed by atoms with E-state index in [-0.39, 0.29) is 18.3 Å². The number of hydrogen-bond acceptors (Lipinski definition) is 4. The van der Waals surface area contributed by atoms with Crippen LogP contribution in [0.3, 0.4) is 0 Å². The van der Waals surface area contributed by atoms with E-state index in [9.17, 15) is 4.79 Å². The molecule has 1 aromatic rings. The molecule has 6 heteroatoms. The third-order valence-electron chi connectivity index (χ3n) is 3.87. The minimum atomic E-state index is -1.05. The van der Waals surface area contributed by atoms with Gasteiger partial charge >= 0.3 is 5.97 Å². The summed E-state index contributed by atoms with van der Waals surface area (Å²) in [6.07, 6.45) is 5.66. The van der Waals surface area contributed by atoms with Crippen molar-refractivity contribution in [3.63, 3.8) is 0 Å². The van der Waals surface area contributed by atoms with Gasteiger partial charge in [0, 0.05) is 6.54 Å². The number of aromatic carboxylic acids is 1. The molecule has 6 nitrogen and oxygen atoms in total. The van der Waals surface area contributed by atoms with Crippen LogP contribution in [0, 0.1) is 5.92 Å². The van der Waals surface area contributed by atoms with Crippen LogP contribution in [0.15, 0.2) is 0 Å². The van der Waals surface area contributed by atoms with Crippen LogP contribution in [0.25, 0.3) is 0 Å². The van der Waals surface area contributed by atoms with Gasteiger partial charge in [0.05, 0.1) is 11.7 Å². The molecule has 2 atom stereocenters. The van der Waals surface area contributed by atoms with Crippen LogP contribution in [-0.2, 0) is 6.54 Å². The molecule has 0 amide bonds. The second-order valence-electron chi connectivity index (χ2n) is 4.93. The quantitative estimate of drug-likeness (QED) is 0.848. The Morgan fingerprint density at radius 2 is 2.33 bits per heavy atom. The zero-order chi connectivity index (χ0) is 13.1. The first-order valence-corrected chi connectivity index (χ1v) is 6.54. The summed E-state index contributed by atoms with van der Waals surface area (Å²) in [4.78, 5) is 11.0. The largest absolute Gasteiger partial charge is 0.476 e. The molecular weight excluding hydrogens is 232 g/mol. The molecule has 1 fully saturated rings. The predicted octanol–water partition coefficient (Wildman–Crippen LogP) is 1.58. The van der Waals surface area contributed by atoms with E-state index in [4.69, 9.17) is 10.8 Å². The first-order valence-electron chi connectivity index (χ1n) is 6.54. The maximum atomic E-state index is 11.0. The lowest BCUT2D eigenvalue weighted by Gasteiger charge is -2.29. The first-order chi connectivity index (χ1) is 8.67. The van der Waals surface area contributed by atoms with E-state index < -0.39 is 5.97 Å². The van der Waals surface area contributed by atoms with Crippen LogP contribution < -0.4 is 5.73 Å². The molecule has 1 aromatic heterocycles. The van der Waals surface area contributed by atoms with Crippen molar-refractivity contribution in [1.82, 2.24) is 15.0 Å². The Labute approximate surface area is 106 Å². The molecule has 3 N–H and O–H groups in total. The SMILES string of the molecule is CCC1CCCC(n2nnc(C(=O)O)c2CN)C1. The van der Waals surface area contributed by atoms with Gasteiger partial charge in [0.2, 0.25) is 0 Å². The number of carboxylic acid groups (broad SMARTS) is 1. The molecule has 1 aliphatic rings. The monoisotopic (exact) mass is 252 g/mol. The number of carboxylic acids is 1. The van der Waals surface area contributed by atoms with Crippen LogP contribution in [0.4, 0.5) is 0 Å². The molecule has 0 radical (unpaired) electrons. The third kappa shape index (κ3) is 2.38. The van der Waals surface area contributed by atoms with Crippen LogP contribution >= 0.6 is 0 Å². The van der Waals surface area contributed by atoms with Crippen molar-refractivity contribution in [2.45, 2.75) is 51.6 Å². The molecule has 0 aliphatic heterocycles. The third-order valence-corrected chi connectivity index (χ3v) is 3.87. The lowest BCUT2D eigenvalue weighted by Crippen LogP contribution is -2.23. The first kappa shape index (κ1) is 13.0. The number of rotatable bonds is 4. The summed E-state index contributed by atoms with van der Waals surface area (Å²) >= 11 is 0. The van der Waals surface area contributed by atoms with Crippen LogP contribution in [0.2, 0.25) is 0 Å². The summed E-state index contributed by atoms with van der Waals surface area (Å²) in [5.74, 6) is -0.351. The Morgan fingerprint density at radius 1 is 1.56 bits per heavy atom. The van der Waals surface area contributed by atoms with Gasteiger partial charge in [0.1, 0.15) is 0 Å². The maximum absolute atomic E-state index is 11.0. The van der Waals surface area contributed by atoms with Crippen LogP contribution in [0.1, 0.15) is 61.3 Å². The molecular formula is C12H20N4O2. The normalized spacial score (nSPS) is 24.1. The lowest BCUT2D eigenvalue weighted by atomic mass is 9.84. The number of aromatic nitrogens is 3. The molecule has 0 bridgehead atoms. The van der Waals surface area contributed by atoms with Crippen molar-refractivity contribution < 1.29 is 9.90 Å². The Balaban J connectivity index is 2.24. The van der Waals surface area contributed by atoms with Gasteiger partial charge in [-0.25, -0.2) is 9.48 Å².